The molecule has 2 rings (SSSR count). The van der Waals surface area contributed by atoms with Crippen molar-refractivity contribution in [1.82, 2.24) is 0 Å². The summed E-state index contributed by atoms with van der Waals surface area (Å²) in [4.78, 5) is 12.2. The molecule has 1 aliphatic carbocycles. The summed E-state index contributed by atoms with van der Waals surface area (Å²) < 4.78 is 28.1. The molecule has 0 aromatic heterocycles. The fraction of sp³-hybridized carbons (Fsp3) is 0.462. The highest BCUT2D eigenvalue weighted by molar-refractivity contribution is 7.90. The summed E-state index contributed by atoms with van der Waals surface area (Å²) in [5.41, 5.74) is 0.125. The van der Waals surface area contributed by atoms with E-state index in [4.69, 9.17) is 4.74 Å². The van der Waals surface area contributed by atoms with E-state index in [1.54, 1.807) is 31.2 Å². The van der Waals surface area contributed by atoms with Gasteiger partial charge in [0.1, 0.15) is 0 Å². The van der Waals surface area contributed by atoms with Crippen LogP contribution in [0.2, 0.25) is 0 Å². The maximum atomic E-state index is 11.9. The summed E-state index contributed by atoms with van der Waals surface area (Å²) in [6, 6.07) is 6.59. The Morgan fingerprint density at radius 1 is 1.39 bits per heavy atom. The van der Waals surface area contributed by atoms with Crippen LogP contribution in [-0.2, 0) is 24.8 Å². The van der Waals surface area contributed by atoms with Crippen LogP contribution in [-0.4, -0.2) is 27.2 Å². The van der Waals surface area contributed by atoms with E-state index in [1.165, 1.54) is 0 Å². The molecule has 0 N–H and O–H groups in total. The number of benzene rings is 1. The molecule has 1 aliphatic rings. The van der Waals surface area contributed by atoms with Gasteiger partial charge < -0.3 is 4.74 Å². The van der Waals surface area contributed by atoms with Crippen LogP contribution < -0.4 is 0 Å². The van der Waals surface area contributed by atoms with Crippen LogP contribution in [0.25, 0.3) is 0 Å². The minimum Gasteiger partial charge on any atom is -0.465 e. The van der Waals surface area contributed by atoms with Crippen molar-refractivity contribution in [2.24, 2.45) is 0 Å². The van der Waals surface area contributed by atoms with Crippen molar-refractivity contribution in [1.29, 1.82) is 0 Å². The van der Waals surface area contributed by atoms with Gasteiger partial charge in [-0.1, -0.05) is 12.1 Å². The first kappa shape index (κ1) is 13.1. The van der Waals surface area contributed by atoms with Crippen LogP contribution >= 0.6 is 0 Å². The number of carbonyl (C=O) groups excluding carboxylic acids is 1. The third kappa shape index (κ3) is 2.27. The number of rotatable bonds is 4. The zero-order chi connectivity index (χ0) is 13.4. The summed E-state index contributed by atoms with van der Waals surface area (Å²) in [7, 11) is -3.25. The molecule has 5 heteroatoms. The quantitative estimate of drug-likeness (QED) is 0.780. The minimum absolute atomic E-state index is 0.246. The van der Waals surface area contributed by atoms with E-state index < -0.39 is 15.3 Å². The molecular formula is C13H16O4S. The highest BCUT2D eigenvalue weighted by Crippen LogP contribution is 2.49. The second-order valence-corrected chi connectivity index (χ2v) is 6.62. The smallest absolute Gasteiger partial charge is 0.316 e. The molecule has 98 valence electrons. The second-order valence-electron chi connectivity index (χ2n) is 4.60. The molecule has 0 saturated heterocycles. The van der Waals surface area contributed by atoms with Crippen LogP contribution in [0.1, 0.15) is 25.3 Å². The Morgan fingerprint density at radius 2 is 2.06 bits per heavy atom. The number of ether oxygens (including phenoxy) is 1. The Hall–Kier alpha value is -1.36. The van der Waals surface area contributed by atoms with Gasteiger partial charge in [0, 0.05) is 6.26 Å². The van der Waals surface area contributed by atoms with E-state index in [9.17, 15) is 13.2 Å². The second kappa shape index (κ2) is 4.39. The zero-order valence-corrected chi connectivity index (χ0v) is 11.3. The maximum Gasteiger partial charge on any atom is 0.316 e. The molecule has 0 amide bonds. The van der Waals surface area contributed by atoms with Gasteiger partial charge in [0.15, 0.2) is 9.84 Å². The van der Waals surface area contributed by atoms with E-state index in [-0.39, 0.29) is 10.9 Å². The molecule has 0 radical (unpaired) electrons. The van der Waals surface area contributed by atoms with E-state index >= 15 is 0 Å². The lowest BCUT2D eigenvalue weighted by atomic mass is 9.96. The maximum absolute atomic E-state index is 11.9. The van der Waals surface area contributed by atoms with E-state index in [0.717, 1.165) is 24.7 Å². The van der Waals surface area contributed by atoms with Crippen molar-refractivity contribution in [3.05, 3.63) is 29.8 Å². The Morgan fingerprint density at radius 3 is 2.56 bits per heavy atom. The van der Waals surface area contributed by atoms with E-state index in [1.807, 2.05) is 0 Å². The van der Waals surface area contributed by atoms with Crippen LogP contribution in [0, 0.1) is 0 Å². The lowest BCUT2D eigenvalue weighted by Gasteiger charge is -2.14. The van der Waals surface area contributed by atoms with Crippen molar-refractivity contribution in [2.75, 3.05) is 12.9 Å². The van der Waals surface area contributed by atoms with Gasteiger partial charge in [-0.05, 0) is 37.5 Å². The fourth-order valence-corrected chi connectivity index (χ4v) is 2.70. The van der Waals surface area contributed by atoms with Gasteiger partial charge in [0.25, 0.3) is 0 Å². The minimum atomic E-state index is -3.25. The summed E-state index contributed by atoms with van der Waals surface area (Å²) in [6.07, 6.45) is 2.61. The normalized spacial score (nSPS) is 17.2. The zero-order valence-electron chi connectivity index (χ0n) is 10.5. The van der Waals surface area contributed by atoms with Gasteiger partial charge in [-0.3, -0.25) is 4.79 Å². The van der Waals surface area contributed by atoms with E-state index in [2.05, 4.69) is 0 Å². The number of sulfone groups is 1. The molecule has 4 nitrogen and oxygen atoms in total. The molecule has 0 atom stereocenters. The van der Waals surface area contributed by atoms with Gasteiger partial charge in [-0.25, -0.2) is 8.42 Å². The van der Waals surface area contributed by atoms with Gasteiger partial charge in [-0.15, -0.1) is 0 Å². The SMILES string of the molecule is CCOC(=O)C1(c2cccc(S(C)(=O)=O)c2)CC1. The first-order valence-corrected chi connectivity index (χ1v) is 7.77. The molecule has 0 heterocycles. The van der Waals surface area contributed by atoms with Crippen LogP contribution in [0.4, 0.5) is 0 Å². The highest BCUT2D eigenvalue weighted by Gasteiger charge is 2.52. The van der Waals surface area contributed by atoms with Crippen molar-refractivity contribution in [2.45, 2.75) is 30.1 Å². The summed E-state index contributed by atoms with van der Waals surface area (Å²) in [5, 5.41) is 0. The molecule has 18 heavy (non-hydrogen) atoms. The number of esters is 1. The van der Waals surface area contributed by atoms with Crippen LogP contribution in [0.3, 0.4) is 0 Å². The van der Waals surface area contributed by atoms with Crippen molar-refractivity contribution >= 4 is 15.8 Å². The molecule has 0 spiro atoms. The largest absolute Gasteiger partial charge is 0.465 e. The first-order chi connectivity index (χ1) is 8.40. The highest BCUT2D eigenvalue weighted by atomic mass is 32.2. The van der Waals surface area contributed by atoms with Crippen molar-refractivity contribution in [3.63, 3.8) is 0 Å². The summed E-state index contributed by atoms with van der Waals surface area (Å²) in [5.74, 6) is -0.254. The number of hydrogen-bond donors (Lipinski definition) is 0. The third-order valence-electron chi connectivity index (χ3n) is 3.23. The topological polar surface area (TPSA) is 60.4 Å². The van der Waals surface area contributed by atoms with Crippen LogP contribution in [0.15, 0.2) is 29.2 Å². The molecule has 1 aromatic rings. The van der Waals surface area contributed by atoms with Crippen molar-refractivity contribution < 1.29 is 17.9 Å². The average Bonchev–Trinajstić information content (AvgIpc) is 3.09. The third-order valence-corrected chi connectivity index (χ3v) is 4.34. The molecule has 1 aromatic carbocycles. The Bertz CT molecular complexity index is 570. The lowest BCUT2D eigenvalue weighted by molar-refractivity contribution is -0.146. The van der Waals surface area contributed by atoms with Crippen molar-refractivity contribution in [3.8, 4) is 0 Å². The molecule has 1 fully saturated rings. The number of carbonyl (C=O) groups is 1. The molecular weight excluding hydrogens is 252 g/mol. The van der Waals surface area contributed by atoms with Crippen LogP contribution in [0.5, 0.6) is 0 Å². The molecule has 0 bridgehead atoms. The Labute approximate surface area is 107 Å². The van der Waals surface area contributed by atoms with Gasteiger partial charge >= 0.3 is 5.97 Å². The summed E-state index contributed by atoms with van der Waals surface area (Å²) >= 11 is 0. The van der Waals surface area contributed by atoms with Gasteiger partial charge in [0.2, 0.25) is 0 Å². The Kier molecular flexibility index (Phi) is 3.19. The fourth-order valence-electron chi connectivity index (χ4n) is 2.03. The summed E-state index contributed by atoms with van der Waals surface area (Å²) in [6.45, 7) is 2.10. The first-order valence-electron chi connectivity index (χ1n) is 5.88. The monoisotopic (exact) mass is 268 g/mol. The predicted octanol–water partition coefficient (Wildman–Crippen LogP) is 1.68. The Balaban J connectivity index is 2.38. The number of hydrogen-bond acceptors (Lipinski definition) is 4. The average molecular weight is 268 g/mol. The van der Waals surface area contributed by atoms with Gasteiger partial charge in [0.05, 0.1) is 16.9 Å². The van der Waals surface area contributed by atoms with E-state index in [0.29, 0.717) is 6.61 Å². The van der Waals surface area contributed by atoms with Gasteiger partial charge in [-0.2, -0.15) is 0 Å². The molecule has 0 aliphatic heterocycles. The standard InChI is InChI=1S/C13H16O4S/c1-3-17-12(14)13(7-8-13)10-5-4-6-11(9-10)18(2,15)16/h4-6,9H,3,7-8H2,1-2H3. The predicted molar refractivity (Wildman–Crippen MR) is 67.1 cm³/mol. The molecule has 1 saturated carbocycles. The lowest BCUT2D eigenvalue weighted by Crippen LogP contribution is -2.23. The molecule has 0 unspecified atom stereocenters.